The first-order chi connectivity index (χ1) is 9.81. The summed E-state index contributed by atoms with van der Waals surface area (Å²) in [7, 11) is -3.00. The van der Waals surface area contributed by atoms with Gasteiger partial charge in [-0.05, 0) is 17.7 Å². The van der Waals surface area contributed by atoms with Gasteiger partial charge in [0.2, 0.25) is 0 Å². The number of anilines is 1. The average Bonchev–Trinajstić information content (AvgIpc) is 2.37. The first kappa shape index (κ1) is 15.5. The standard InChI is InChI=1S/C12H12ClN3O4S/c1-20-8-4-2-7(3-5-8)6-9-15-11(13)10(12(14)16-9)21(17,18)19/h2-5H,6H2,1H3,(H2,14,15,16)(H,17,18,19). The van der Waals surface area contributed by atoms with Crippen LogP contribution in [0.1, 0.15) is 11.4 Å². The fraction of sp³-hybridized carbons (Fsp3) is 0.167. The summed E-state index contributed by atoms with van der Waals surface area (Å²) in [5.74, 6) is 0.565. The van der Waals surface area contributed by atoms with Crippen LogP contribution < -0.4 is 10.5 Å². The minimum absolute atomic E-state index is 0.245. The Kier molecular flexibility index (Phi) is 4.31. The van der Waals surface area contributed by atoms with Crippen LogP contribution in [0.2, 0.25) is 5.15 Å². The van der Waals surface area contributed by atoms with Crippen LogP contribution >= 0.6 is 11.6 Å². The highest BCUT2D eigenvalue weighted by Crippen LogP contribution is 2.24. The quantitative estimate of drug-likeness (QED) is 0.646. The van der Waals surface area contributed by atoms with E-state index in [0.717, 1.165) is 5.56 Å². The molecule has 21 heavy (non-hydrogen) atoms. The second-order valence-corrected chi connectivity index (χ2v) is 5.86. The van der Waals surface area contributed by atoms with Gasteiger partial charge in [0.1, 0.15) is 17.4 Å². The Morgan fingerprint density at radius 2 is 1.90 bits per heavy atom. The van der Waals surface area contributed by atoms with Crippen LogP contribution in [0.5, 0.6) is 5.75 Å². The number of hydrogen-bond donors (Lipinski definition) is 2. The number of methoxy groups -OCH3 is 1. The molecule has 0 amide bonds. The van der Waals surface area contributed by atoms with E-state index in [1.165, 1.54) is 0 Å². The Hall–Kier alpha value is -1.90. The van der Waals surface area contributed by atoms with Crippen molar-refractivity contribution in [2.24, 2.45) is 0 Å². The van der Waals surface area contributed by atoms with Crippen molar-refractivity contribution in [1.82, 2.24) is 9.97 Å². The van der Waals surface area contributed by atoms with Gasteiger partial charge in [-0.1, -0.05) is 23.7 Å². The number of nitrogen functional groups attached to an aromatic ring is 1. The van der Waals surface area contributed by atoms with Crippen LogP contribution in [0, 0.1) is 0 Å². The summed E-state index contributed by atoms with van der Waals surface area (Å²) in [6.07, 6.45) is 0.305. The van der Waals surface area contributed by atoms with Gasteiger partial charge in [-0.15, -0.1) is 0 Å². The van der Waals surface area contributed by atoms with Gasteiger partial charge >= 0.3 is 10.1 Å². The monoisotopic (exact) mass is 329 g/mol. The summed E-state index contributed by atoms with van der Waals surface area (Å²) in [4.78, 5) is 7.01. The molecular formula is C12H12ClN3O4S. The van der Waals surface area contributed by atoms with Gasteiger partial charge < -0.3 is 10.5 Å². The predicted molar refractivity (Wildman–Crippen MR) is 77.1 cm³/mol. The Bertz CT molecular complexity index is 740. The van der Waals surface area contributed by atoms with Crippen LogP contribution in [0.25, 0.3) is 0 Å². The highest BCUT2D eigenvalue weighted by Gasteiger charge is 2.22. The minimum atomic E-state index is -4.56. The lowest BCUT2D eigenvalue weighted by atomic mass is 10.1. The molecule has 0 aliphatic heterocycles. The number of aromatic nitrogens is 2. The number of ether oxygens (including phenoxy) is 1. The van der Waals surface area contributed by atoms with Crippen molar-refractivity contribution in [2.75, 3.05) is 12.8 Å². The molecule has 2 aromatic rings. The van der Waals surface area contributed by atoms with Crippen LogP contribution in [0.15, 0.2) is 29.2 Å². The maximum absolute atomic E-state index is 11.1. The van der Waals surface area contributed by atoms with Crippen LogP contribution in [-0.4, -0.2) is 30.0 Å². The van der Waals surface area contributed by atoms with E-state index in [1.807, 2.05) is 12.1 Å². The topological polar surface area (TPSA) is 115 Å². The molecule has 0 unspecified atom stereocenters. The van der Waals surface area contributed by atoms with E-state index in [-0.39, 0.29) is 11.6 Å². The molecule has 0 radical (unpaired) electrons. The van der Waals surface area contributed by atoms with Crippen LogP contribution in [-0.2, 0) is 16.5 Å². The molecule has 7 nitrogen and oxygen atoms in total. The smallest absolute Gasteiger partial charge is 0.301 e. The highest BCUT2D eigenvalue weighted by atomic mass is 35.5. The van der Waals surface area contributed by atoms with Gasteiger partial charge in [-0.2, -0.15) is 8.42 Å². The van der Waals surface area contributed by atoms with Gasteiger partial charge in [-0.3, -0.25) is 4.55 Å². The molecule has 0 spiro atoms. The van der Waals surface area contributed by atoms with E-state index in [2.05, 4.69) is 9.97 Å². The van der Waals surface area contributed by atoms with Gasteiger partial charge in [-0.25, -0.2) is 9.97 Å². The third kappa shape index (κ3) is 3.60. The molecule has 0 aliphatic carbocycles. The average molecular weight is 330 g/mol. The molecular weight excluding hydrogens is 318 g/mol. The molecule has 0 saturated carbocycles. The van der Waals surface area contributed by atoms with Crippen molar-refractivity contribution in [3.8, 4) is 5.75 Å². The second-order valence-electron chi connectivity index (χ2n) is 4.14. The molecule has 0 fully saturated rings. The predicted octanol–water partition coefficient (Wildman–Crippen LogP) is 1.56. The molecule has 9 heteroatoms. The van der Waals surface area contributed by atoms with E-state index < -0.39 is 20.2 Å². The van der Waals surface area contributed by atoms with Crippen molar-refractivity contribution < 1.29 is 17.7 Å². The summed E-state index contributed by atoms with van der Waals surface area (Å²) >= 11 is 5.74. The summed E-state index contributed by atoms with van der Waals surface area (Å²) < 4.78 is 36.3. The van der Waals surface area contributed by atoms with E-state index in [1.54, 1.807) is 19.2 Å². The number of benzene rings is 1. The third-order valence-corrected chi connectivity index (χ3v) is 3.98. The summed E-state index contributed by atoms with van der Waals surface area (Å²) in [5, 5.41) is -0.409. The van der Waals surface area contributed by atoms with Crippen molar-refractivity contribution in [2.45, 2.75) is 11.3 Å². The number of rotatable bonds is 4. The summed E-state index contributed by atoms with van der Waals surface area (Å²) in [6, 6.07) is 7.16. The largest absolute Gasteiger partial charge is 0.497 e. The molecule has 0 atom stereocenters. The zero-order valence-electron chi connectivity index (χ0n) is 10.9. The van der Waals surface area contributed by atoms with E-state index in [4.69, 9.17) is 26.6 Å². The normalized spacial score (nSPS) is 11.4. The first-order valence-electron chi connectivity index (χ1n) is 5.73. The van der Waals surface area contributed by atoms with Crippen molar-refractivity contribution >= 4 is 27.5 Å². The SMILES string of the molecule is COc1ccc(Cc2nc(N)c(S(=O)(=O)O)c(Cl)n2)cc1. The van der Waals surface area contributed by atoms with Crippen LogP contribution in [0.4, 0.5) is 5.82 Å². The lowest BCUT2D eigenvalue weighted by Crippen LogP contribution is -2.10. The van der Waals surface area contributed by atoms with Gasteiger partial charge in [0.15, 0.2) is 10.0 Å². The molecule has 1 aromatic heterocycles. The summed E-state index contributed by atoms with van der Waals surface area (Å²) in [5.41, 5.74) is 6.38. The van der Waals surface area contributed by atoms with E-state index in [0.29, 0.717) is 12.2 Å². The fourth-order valence-corrected chi connectivity index (χ4v) is 2.78. The number of hydrogen-bond acceptors (Lipinski definition) is 6. The molecule has 0 saturated heterocycles. The van der Waals surface area contributed by atoms with Gasteiger partial charge in [0.25, 0.3) is 0 Å². The second kappa shape index (κ2) is 5.84. The maximum Gasteiger partial charge on any atom is 0.301 e. The van der Waals surface area contributed by atoms with E-state index in [9.17, 15) is 8.42 Å². The fourth-order valence-electron chi connectivity index (χ4n) is 1.73. The molecule has 0 aliphatic rings. The highest BCUT2D eigenvalue weighted by molar-refractivity contribution is 7.86. The maximum atomic E-state index is 11.1. The molecule has 2 rings (SSSR count). The van der Waals surface area contributed by atoms with Crippen LogP contribution in [0.3, 0.4) is 0 Å². The summed E-state index contributed by atoms with van der Waals surface area (Å²) in [6.45, 7) is 0. The molecule has 112 valence electrons. The van der Waals surface area contributed by atoms with Gasteiger partial charge in [0, 0.05) is 6.42 Å². The van der Waals surface area contributed by atoms with Gasteiger partial charge in [0.05, 0.1) is 7.11 Å². The molecule has 3 N–H and O–H groups in total. The minimum Gasteiger partial charge on any atom is -0.497 e. The Labute approximate surface area is 126 Å². The Balaban J connectivity index is 2.33. The molecule has 1 heterocycles. The number of nitrogens with two attached hydrogens (primary N) is 1. The lowest BCUT2D eigenvalue weighted by molar-refractivity contribution is 0.414. The Morgan fingerprint density at radius 1 is 1.29 bits per heavy atom. The zero-order chi connectivity index (χ0) is 15.6. The van der Waals surface area contributed by atoms with Crippen molar-refractivity contribution in [3.05, 3.63) is 40.8 Å². The van der Waals surface area contributed by atoms with Crippen molar-refractivity contribution in [3.63, 3.8) is 0 Å². The third-order valence-electron chi connectivity index (χ3n) is 2.68. The number of halogens is 1. The molecule has 1 aromatic carbocycles. The Morgan fingerprint density at radius 3 is 2.38 bits per heavy atom. The first-order valence-corrected chi connectivity index (χ1v) is 7.55. The zero-order valence-corrected chi connectivity index (χ0v) is 12.5. The number of nitrogens with zero attached hydrogens (tertiary/aromatic N) is 2. The van der Waals surface area contributed by atoms with Crippen molar-refractivity contribution in [1.29, 1.82) is 0 Å². The van der Waals surface area contributed by atoms with E-state index >= 15 is 0 Å². The molecule has 0 bridgehead atoms. The lowest BCUT2D eigenvalue weighted by Gasteiger charge is -2.07.